The molecule has 2 aromatic rings. The minimum absolute atomic E-state index is 0.167. The summed E-state index contributed by atoms with van der Waals surface area (Å²) in [6, 6.07) is 7.43. The van der Waals surface area contributed by atoms with E-state index in [-0.39, 0.29) is 21.3 Å². The van der Waals surface area contributed by atoms with E-state index in [1.54, 1.807) is 19.1 Å². The number of phenols is 2. The molecule has 3 N–H and O–H groups in total. The number of nitrogens with one attached hydrogen (secondary N) is 1. The highest BCUT2D eigenvalue weighted by Gasteiger charge is 2.18. The number of hydrogen-bond donors (Lipinski definition) is 3. The third-order valence-corrected chi connectivity index (χ3v) is 3.95. The lowest BCUT2D eigenvalue weighted by atomic mass is 10.1. The number of esters is 1. The van der Waals surface area contributed by atoms with Gasteiger partial charge in [-0.2, -0.15) is 0 Å². The number of aromatic hydroxyl groups is 2. The summed E-state index contributed by atoms with van der Waals surface area (Å²) in [5.74, 6) is -2.60. The second-order valence-corrected chi connectivity index (χ2v) is 5.64. The monoisotopic (exact) mass is 369 g/mol. The molecule has 0 aliphatic heterocycles. The molecular formula is C16H13Cl2NO5. The van der Waals surface area contributed by atoms with Crippen molar-refractivity contribution < 1.29 is 24.5 Å². The van der Waals surface area contributed by atoms with Crippen LogP contribution in [0, 0.1) is 6.92 Å². The van der Waals surface area contributed by atoms with E-state index in [1.807, 2.05) is 0 Å². The number of amides is 1. The van der Waals surface area contributed by atoms with E-state index in [4.69, 9.17) is 27.9 Å². The van der Waals surface area contributed by atoms with Gasteiger partial charge in [-0.05, 0) is 30.7 Å². The Labute approximate surface area is 147 Å². The van der Waals surface area contributed by atoms with Crippen molar-refractivity contribution in [3.05, 3.63) is 51.5 Å². The van der Waals surface area contributed by atoms with Crippen molar-refractivity contribution in [3.8, 4) is 11.5 Å². The van der Waals surface area contributed by atoms with Crippen LogP contribution in [0.4, 0.5) is 5.69 Å². The van der Waals surface area contributed by atoms with Gasteiger partial charge in [-0.3, -0.25) is 4.79 Å². The molecule has 0 fully saturated rings. The highest BCUT2D eigenvalue weighted by Crippen LogP contribution is 2.32. The summed E-state index contributed by atoms with van der Waals surface area (Å²) in [6.07, 6.45) is 0. The first-order chi connectivity index (χ1) is 11.3. The molecular weight excluding hydrogens is 357 g/mol. The molecule has 0 radical (unpaired) electrons. The first-order valence-corrected chi connectivity index (χ1v) is 7.49. The van der Waals surface area contributed by atoms with Crippen molar-refractivity contribution in [3.63, 3.8) is 0 Å². The molecule has 0 aliphatic carbocycles. The van der Waals surface area contributed by atoms with Crippen molar-refractivity contribution in [2.45, 2.75) is 6.92 Å². The van der Waals surface area contributed by atoms with Gasteiger partial charge in [-0.25, -0.2) is 4.79 Å². The summed E-state index contributed by atoms with van der Waals surface area (Å²) >= 11 is 11.8. The average molecular weight is 370 g/mol. The van der Waals surface area contributed by atoms with E-state index in [0.29, 0.717) is 5.56 Å². The number of ether oxygens (including phenoxy) is 1. The van der Waals surface area contributed by atoms with Crippen LogP contribution in [0.2, 0.25) is 10.0 Å². The Morgan fingerprint density at radius 2 is 1.83 bits per heavy atom. The fraction of sp³-hybridized carbons (Fsp3) is 0.125. The Kier molecular flexibility index (Phi) is 5.54. The summed E-state index contributed by atoms with van der Waals surface area (Å²) in [4.78, 5) is 23.7. The van der Waals surface area contributed by atoms with Gasteiger partial charge in [0.1, 0.15) is 5.56 Å². The molecule has 24 heavy (non-hydrogen) atoms. The second kappa shape index (κ2) is 7.42. The van der Waals surface area contributed by atoms with E-state index in [2.05, 4.69) is 5.32 Å². The lowest BCUT2D eigenvalue weighted by molar-refractivity contribution is -0.119. The zero-order valence-corrected chi connectivity index (χ0v) is 14.0. The van der Waals surface area contributed by atoms with E-state index in [1.165, 1.54) is 18.2 Å². The van der Waals surface area contributed by atoms with Gasteiger partial charge in [-0.15, -0.1) is 0 Å². The number of benzene rings is 2. The summed E-state index contributed by atoms with van der Waals surface area (Å²) in [5, 5.41) is 22.2. The molecule has 0 aliphatic rings. The maximum Gasteiger partial charge on any atom is 0.342 e. The lowest BCUT2D eigenvalue weighted by Gasteiger charge is -2.10. The van der Waals surface area contributed by atoms with Crippen LogP contribution in [0.15, 0.2) is 30.3 Å². The number of carbonyl (C=O) groups is 2. The Balaban J connectivity index is 2.00. The molecule has 6 nitrogen and oxygen atoms in total. The first kappa shape index (κ1) is 17.9. The van der Waals surface area contributed by atoms with Crippen molar-refractivity contribution in [2.75, 3.05) is 11.9 Å². The van der Waals surface area contributed by atoms with Crippen LogP contribution in [-0.4, -0.2) is 28.7 Å². The summed E-state index contributed by atoms with van der Waals surface area (Å²) in [7, 11) is 0. The molecule has 2 aromatic carbocycles. The summed E-state index contributed by atoms with van der Waals surface area (Å²) < 4.78 is 4.81. The number of hydrogen-bond acceptors (Lipinski definition) is 5. The Hall–Kier alpha value is -2.44. The fourth-order valence-electron chi connectivity index (χ4n) is 1.84. The number of rotatable bonds is 4. The molecule has 1 amide bonds. The lowest BCUT2D eigenvalue weighted by Crippen LogP contribution is -2.21. The van der Waals surface area contributed by atoms with Gasteiger partial charge in [0.15, 0.2) is 18.1 Å². The normalized spacial score (nSPS) is 10.3. The van der Waals surface area contributed by atoms with Crippen LogP contribution < -0.4 is 5.32 Å². The summed E-state index contributed by atoms with van der Waals surface area (Å²) in [6.45, 7) is 0.960. The number of carbonyl (C=O) groups excluding carboxylic acids is 2. The van der Waals surface area contributed by atoms with Crippen LogP contribution in [0.3, 0.4) is 0 Å². The van der Waals surface area contributed by atoms with E-state index < -0.39 is 30.0 Å². The van der Waals surface area contributed by atoms with Crippen LogP contribution in [0.1, 0.15) is 15.9 Å². The molecule has 126 valence electrons. The van der Waals surface area contributed by atoms with Crippen LogP contribution >= 0.6 is 23.2 Å². The standard InChI is InChI=1S/C16H13Cl2NO5/c1-8-5-6-9(15(22)14(8)21)16(23)24-7-12(20)19-11-4-2-3-10(17)13(11)18/h2-6,21-22H,7H2,1H3,(H,19,20). The summed E-state index contributed by atoms with van der Waals surface area (Å²) in [5.41, 5.74) is 0.435. The molecule has 0 heterocycles. The fourth-order valence-corrected chi connectivity index (χ4v) is 2.19. The Bertz CT molecular complexity index is 807. The quantitative estimate of drug-likeness (QED) is 0.566. The van der Waals surface area contributed by atoms with Gasteiger partial charge in [0.05, 0.1) is 15.7 Å². The van der Waals surface area contributed by atoms with Crippen molar-refractivity contribution in [1.29, 1.82) is 0 Å². The van der Waals surface area contributed by atoms with Crippen molar-refractivity contribution in [1.82, 2.24) is 0 Å². The number of phenolic OH excluding ortho intramolecular Hbond substituents is 2. The third-order valence-electron chi connectivity index (χ3n) is 3.13. The zero-order valence-electron chi connectivity index (χ0n) is 12.5. The second-order valence-electron chi connectivity index (χ2n) is 4.85. The molecule has 0 bridgehead atoms. The smallest absolute Gasteiger partial charge is 0.342 e. The Morgan fingerprint density at radius 3 is 2.54 bits per heavy atom. The van der Waals surface area contributed by atoms with Crippen molar-refractivity contribution >= 4 is 40.8 Å². The predicted octanol–water partition coefficient (Wildman–Crippen LogP) is 3.51. The van der Waals surface area contributed by atoms with Gasteiger partial charge in [0.2, 0.25) is 0 Å². The van der Waals surface area contributed by atoms with Crippen LogP contribution in [0.25, 0.3) is 0 Å². The maximum absolute atomic E-state index is 11.9. The maximum atomic E-state index is 11.9. The van der Waals surface area contributed by atoms with Gasteiger partial charge >= 0.3 is 5.97 Å². The molecule has 2 rings (SSSR count). The average Bonchev–Trinajstić information content (AvgIpc) is 2.55. The van der Waals surface area contributed by atoms with Gasteiger partial charge in [0, 0.05) is 0 Å². The molecule has 8 heteroatoms. The number of halogens is 2. The topological polar surface area (TPSA) is 95.9 Å². The molecule has 0 atom stereocenters. The van der Waals surface area contributed by atoms with Crippen molar-refractivity contribution in [2.24, 2.45) is 0 Å². The molecule has 0 saturated carbocycles. The highest BCUT2D eigenvalue weighted by atomic mass is 35.5. The third kappa shape index (κ3) is 3.90. The highest BCUT2D eigenvalue weighted by molar-refractivity contribution is 6.44. The first-order valence-electron chi connectivity index (χ1n) is 6.73. The Morgan fingerprint density at radius 1 is 1.12 bits per heavy atom. The van der Waals surface area contributed by atoms with Gasteiger partial charge < -0.3 is 20.3 Å². The predicted molar refractivity (Wildman–Crippen MR) is 89.9 cm³/mol. The number of aryl methyl sites for hydroxylation is 1. The van der Waals surface area contributed by atoms with E-state index >= 15 is 0 Å². The minimum Gasteiger partial charge on any atom is -0.504 e. The SMILES string of the molecule is Cc1ccc(C(=O)OCC(=O)Nc2cccc(Cl)c2Cl)c(O)c1O. The van der Waals surface area contributed by atoms with Crippen LogP contribution in [-0.2, 0) is 9.53 Å². The molecule has 0 saturated heterocycles. The number of anilines is 1. The van der Waals surface area contributed by atoms with Gasteiger partial charge in [-0.1, -0.05) is 35.3 Å². The van der Waals surface area contributed by atoms with E-state index in [9.17, 15) is 19.8 Å². The molecule has 0 spiro atoms. The largest absolute Gasteiger partial charge is 0.504 e. The van der Waals surface area contributed by atoms with Gasteiger partial charge in [0.25, 0.3) is 5.91 Å². The minimum atomic E-state index is -0.949. The van der Waals surface area contributed by atoms with Crippen LogP contribution in [0.5, 0.6) is 11.5 Å². The molecule has 0 aromatic heterocycles. The van der Waals surface area contributed by atoms with E-state index in [0.717, 1.165) is 0 Å². The molecule has 0 unspecified atom stereocenters. The zero-order chi connectivity index (χ0) is 17.9.